The molecule has 0 spiro atoms. The number of pyridine rings is 1. The van der Waals surface area contributed by atoms with Crippen molar-refractivity contribution in [3.8, 4) is 0 Å². The van der Waals surface area contributed by atoms with Crippen LogP contribution >= 0.6 is 0 Å². The summed E-state index contributed by atoms with van der Waals surface area (Å²) in [6, 6.07) is 7.44. The molecule has 5 nitrogen and oxygen atoms in total. The van der Waals surface area contributed by atoms with Gasteiger partial charge in [0, 0.05) is 24.6 Å². The average molecular weight is 377 g/mol. The van der Waals surface area contributed by atoms with Gasteiger partial charge in [0.15, 0.2) is 0 Å². The Morgan fingerprint density at radius 1 is 1.04 bits per heavy atom. The third kappa shape index (κ3) is 5.06. The summed E-state index contributed by atoms with van der Waals surface area (Å²) in [4.78, 5) is 29.1. The van der Waals surface area contributed by atoms with E-state index in [-0.39, 0.29) is 11.8 Å². The van der Waals surface area contributed by atoms with Crippen LogP contribution in [0, 0.1) is 13.8 Å². The maximum absolute atomic E-state index is 12.6. The lowest BCUT2D eigenvalue weighted by Gasteiger charge is -2.13. The first-order chi connectivity index (χ1) is 13.5. The van der Waals surface area contributed by atoms with Gasteiger partial charge in [0.25, 0.3) is 11.8 Å². The van der Waals surface area contributed by atoms with Crippen LogP contribution in [0.2, 0.25) is 0 Å². The van der Waals surface area contributed by atoms with Crippen molar-refractivity contribution in [2.75, 3.05) is 11.9 Å². The Labute approximate surface area is 166 Å². The molecule has 1 aliphatic carbocycles. The van der Waals surface area contributed by atoms with E-state index >= 15 is 0 Å². The molecule has 0 saturated heterocycles. The Balaban J connectivity index is 1.61. The van der Waals surface area contributed by atoms with Gasteiger partial charge in [-0.25, -0.2) is 0 Å². The molecule has 5 heteroatoms. The van der Waals surface area contributed by atoms with Crippen molar-refractivity contribution in [2.24, 2.45) is 0 Å². The van der Waals surface area contributed by atoms with E-state index in [2.05, 4.69) is 21.7 Å². The molecule has 1 aliphatic rings. The summed E-state index contributed by atoms with van der Waals surface area (Å²) < 4.78 is 0. The predicted molar refractivity (Wildman–Crippen MR) is 112 cm³/mol. The van der Waals surface area contributed by atoms with Gasteiger partial charge in [-0.05, 0) is 63.1 Å². The Morgan fingerprint density at radius 3 is 2.43 bits per heavy atom. The van der Waals surface area contributed by atoms with Crippen molar-refractivity contribution in [1.82, 2.24) is 10.3 Å². The van der Waals surface area contributed by atoms with Crippen molar-refractivity contribution >= 4 is 17.5 Å². The van der Waals surface area contributed by atoms with Crippen LogP contribution in [0.5, 0.6) is 0 Å². The minimum Gasteiger partial charge on any atom is -0.352 e. The third-order valence-corrected chi connectivity index (χ3v) is 5.10. The monoisotopic (exact) mass is 377 g/mol. The highest BCUT2D eigenvalue weighted by atomic mass is 16.2. The van der Waals surface area contributed by atoms with Crippen molar-refractivity contribution in [2.45, 2.75) is 46.0 Å². The number of carbonyl (C=O) groups is 2. The number of aryl methyl sites for hydroxylation is 2. The quantitative estimate of drug-likeness (QED) is 0.724. The number of carbonyl (C=O) groups excluding carboxylic acids is 2. The maximum Gasteiger partial charge on any atom is 0.257 e. The van der Waals surface area contributed by atoms with E-state index in [4.69, 9.17) is 0 Å². The first kappa shape index (κ1) is 19.8. The number of aromatic nitrogens is 1. The van der Waals surface area contributed by atoms with Gasteiger partial charge in [-0.1, -0.05) is 29.8 Å². The molecule has 0 radical (unpaired) electrons. The molecule has 3 rings (SSSR count). The molecule has 28 heavy (non-hydrogen) atoms. The van der Waals surface area contributed by atoms with E-state index in [1.54, 1.807) is 6.07 Å². The number of para-hydroxylation sites is 1. The fraction of sp³-hybridized carbons (Fsp3) is 0.348. The molecule has 0 aliphatic heterocycles. The van der Waals surface area contributed by atoms with Gasteiger partial charge in [0.2, 0.25) is 0 Å². The number of amides is 2. The zero-order chi connectivity index (χ0) is 19.9. The first-order valence-corrected chi connectivity index (χ1v) is 9.83. The molecule has 2 N–H and O–H groups in total. The SMILES string of the molecule is Cc1cccc(C)c1NC(=O)c1cncc(C(=O)NCCC2=CCCCC2)c1. The van der Waals surface area contributed by atoms with Crippen LogP contribution in [0.1, 0.15) is 63.9 Å². The summed E-state index contributed by atoms with van der Waals surface area (Å²) >= 11 is 0. The van der Waals surface area contributed by atoms with E-state index in [0.717, 1.165) is 36.1 Å². The summed E-state index contributed by atoms with van der Waals surface area (Å²) in [7, 11) is 0. The molecular formula is C23H27N3O2. The topological polar surface area (TPSA) is 71.1 Å². The van der Waals surface area contributed by atoms with Gasteiger partial charge in [0.05, 0.1) is 11.1 Å². The summed E-state index contributed by atoms with van der Waals surface area (Å²) in [6.07, 6.45) is 10.9. The number of hydrogen-bond donors (Lipinski definition) is 2. The number of anilines is 1. The van der Waals surface area contributed by atoms with Crippen LogP contribution < -0.4 is 10.6 Å². The predicted octanol–water partition coefficient (Wildman–Crippen LogP) is 4.57. The number of nitrogens with zero attached hydrogens (tertiary/aromatic N) is 1. The zero-order valence-electron chi connectivity index (χ0n) is 16.5. The van der Waals surface area contributed by atoms with Crippen molar-refractivity contribution < 1.29 is 9.59 Å². The lowest BCUT2D eigenvalue weighted by atomic mass is 9.97. The molecule has 1 heterocycles. The van der Waals surface area contributed by atoms with Crippen molar-refractivity contribution in [3.63, 3.8) is 0 Å². The fourth-order valence-corrected chi connectivity index (χ4v) is 3.46. The summed E-state index contributed by atoms with van der Waals surface area (Å²) in [5.74, 6) is -0.474. The summed E-state index contributed by atoms with van der Waals surface area (Å²) in [6.45, 7) is 4.50. The van der Waals surface area contributed by atoms with Crippen molar-refractivity contribution in [3.05, 3.63) is 70.6 Å². The molecule has 0 atom stereocenters. The van der Waals surface area contributed by atoms with E-state index < -0.39 is 0 Å². The molecule has 2 amide bonds. The summed E-state index contributed by atoms with van der Waals surface area (Å²) in [5, 5.41) is 5.86. The molecule has 0 saturated carbocycles. The lowest BCUT2D eigenvalue weighted by molar-refractivity contribution is 0.0953. The summed E-state index contributed by atoms with van der Waals surface area (Å²) in [5.41, 5.74) is 4.96. The second-order valence-electron chi connectivity index (χ2n) is 7.30. The molecule has 0 unspecified atom stereocenters. The number of hydrogen-bond acceptors (Lipinski definition) is 3. The van der Waals surface area contributed by atoms with Gasteiger partial charge in [0.1, 0.15) is 0 Å². The maximum atomic E-state index is 12.6. The van der Waals surface area contributed by atoms with Gasteiger partial charge in [-0.3, -0.25) is 14.6 Å². The van der Waals surface area contributed by atoms with Crippen LogP contribution in [0.15, 0.2) is 48.3 Å². The van der Waals surface area contributed by atoms with Crippen LogP contribution in [-0.2, 0) is 0 Å². The molecule has 1 aromatic heterocycles. The van der Waals surface area contributed by atoms with E-state index in [1.807, 2.05) is 32.0 Å². The normalized spacial score (nSPS) is 13.6. The van der Waals surface area contributed by atoms with Gasteiger partial charge < -0.3 is 10.6 Å². The van der Waals surface area contributed by atoms with E-state index in [9.17, 15) is 9.59 Å². The second kappa shape index (κ2) is 9.31. The first-order valence-electron chi connectivity index (χ1n) is 9.83. The molecule has 1 aromatic carbocycles. The molecule has 146 valence electrons. The zero-order valence-corrected chi connectivity index (χ0v) is 16.5. The smallest absolute Gasteiger partial charge is 0.257 e. The average Bonchev–Trinajstić information content (AvgIpc) is 2.71. The highest BCUT2D eigenvalue weighted by molar-refractivity contribution is 6.06. The van der Waals surface area contributed by atoms with Crippen LogP contribution in [0.4, 0.5) is 5.69 Å². The number of rotatable bonds is 6. The molecule has 2 aromatic rings. The Bertz CT molecular complexity index is 882. The Hall–Kier alpha value is -2.95. The largest absolute Gasteiger partial charge is 0.352 e. The lowest BCUT2D eigenvalue weighted by Crippen LogP contribution is -2.25. The van der Waals surface area contributed by atoms with Crippen LogP contribution in [0.3, 0.4) is 0 Å². The minimum absolute atomic E-state index is 0.203. The highest BCUT2D eigenvalue weighted by Gasteiger charge is 2.13. The van der Waals surface area contributed by atoms with E-state index in [0.29, 0.717) is 17.7 Å². The van der Waals surface area contributed by atoms with Gasteiger partial charge >= 0.3 is 0 Å². The molecule has 0 bridgehead atoms. The van der Waals surface area contributed by atoms with Gasteiger partial charge in [-0.15, -0.1) is 0 Å². The number of allylic oxidation sites excluding steroid dienone is 1. The number of nitrogens with one attached hydrogen (secondary N) is 2. The highest BCUT2D eigenvalue weighted by Crippen LogP contribution is 2.21. The Kier molecular flexibility index (Phi) is 6.58. The second-order valence-corrected chi connectivity index (χ2v) is 7.30. The third-order valence-electron chi connectivity index (χ3n) is 5.10. The van der Waals surface area contributed by atoms with Crippen molar-refractivity contribution in [1.29, 1.82) is 0 Å². The molecule has 0 fully saturated rings. The fourth-order valence-electron chi connectivity index (χ4n) is 3.46. The molecular weight excluding hydrogens is 350 g/mol. The van der Waals surface area contributed by atoms with E-state index in [1.165, 1.54) is 30.8 Å². The van der Waals surface area contributed by atoms with Crippen LogP contribution in [0.25, 0.3) is 0 Å². The Morgan fingerprint density at radius 2 is 1.75 bits per heavy atom. The van der Waals surface area contributed by atoms with Gasteiger partial charge in [-0.2, -0.15) is 0 Å². The minimum atomic E-state index is -0.271. The number of benzene rings is 1. The van der Waals surface area contributed by atoms with Crippen LogP contribution in [-0.4, -0.2) is 23.3 Å². The standard InChI is InChI=1S/C23H27N3O2/c1-16-7-6-8-17(2)21(16)26-23(28)20-13-19(14-24-15-20)22(27)25-12-11-18-9-4-3-5-10-18/h6-9,13-15H,3-5,10-12H2,1-2H3,(H,25,27)(H,26,28).